The van der Waals surface area contributed by atoms with Crippen LogP contribution in [0.2, 0.25) is 0 Å². The lowest BCUT2D eigenvalue weighted by atomic mass is 9.62. The van der Waals surface area contributed by atoms with Crippen LogP contribution in [0.25, 0.3) is 0 Å². The largest absolute Gasteiger partial charge is 0.343 e. The molecule has 0 spiro atoms. The van der Waals surface area contributed by atoms with E-state index in [0.29, 0.717) is 0 Å². The molecular weight excluding hydrogens is 442 g/mol. The van der Waals surface area contributed by atoms with Crippen molar-refractivity contribution >= 4 is 0 Å². The molecule has 2 heterocycles. The zero-order valence-electron chi connectivity index (χ0n) is 20.9. The number of nitrogens with one attached hydrogen (secondary N) is 1. The van der Waals surface area contributed by atoms with Gasteiger partial charge in [0.15, 0.2) is 5.79 Å². The molecule has 3 nitrogen and oxygen atoms in total. The molecule has 4 aromatic carbocycles. The number of ether oxygens (including phenoxy) is 2. The fourth-order valence-corrected chi connectivity index (χ4v) is 6.48. The zero-order chi connectivity index (χ0) is 24.6. The summed E-state index contributed by atoms with van der Waals surface area (Å²) in [5, 5.41) is 3.92. The highest BCUT2D eigenvalue weighted by Gasteiger charge is 2.63. The molecule has 3 heteroatoms. The summed E-state index contributed by atoms with van der Waals surface area (Å²) in [6, 6.07) is 43.2. The van der Waals surface area contributed by atoms with E-state index in [9.17, 15) is 0 Å². The molecule has 0 bridgehead atoms. The topological polar surface area (TPSA) is 30.5 Å². The summed E-state index contributed by atoms with van der Waals surface area (Å²) >= 11 is 0. The quantitative estimate of drug-likeness (QED) is 0.388. The molecule has 4 aromatic rings. The molecule has 0 aromatic heterocycles. The van der Waals surface area contributed by atoms with Crippen molar-refractivity contribution in [2.75, 3.05) is 13.1 Å². The van der Waals surface area contributed by atoms with Crippen molar-refractivity contribution in [2.45, 2.75) is 42.7 Å². The average molecular weight is 476 g/mol. The van der Waals surface area contributed by atoms with Crippen molar-refractivity contribution in [1.82, 2.24) is 5.32 Å². The Morgan fingerprint density at radius 1 is 0.500 bits per heavy atom. The van der Waals surface area contributed by atoms with Gasteiger partial charge in [0.25, 0.3) is 0 Å². The lowest BCUT2D eigenvalue weighted by molar-refractivity contribution is -0.155. The smallest absolute Gasteiger partial charge is 0.163 e. The summed E-state index contributed by atoms with van der Waals surface area (Å²) in [6.07, 6.45) is -0.458. The van der Waals surface area contributed by atoms with Crippen LogP contribution >= 0.6 is 0 Å². The first-order valence-electron chi connectivity index (χ1n) is 12.8. The third-order valence-corrected chi connectivity index (χ3v) is 8.03. The SMILES string of the molecule is CC1(C)O[C@@H]2[C@@H](O1)C(c1ccccc1)(c1ccccc1)CNCC2(c1ccccc1)c1ccccc1. The van der Waals surface area contributed by atoms with Gasteiger partial charge < -0.3 is 14.8 Å². The molecule has 2 fully saturated rings. The Balaban J connectivity index is 1.65. The van der Waals surface area contributed by atoms with Crippen LogP contribution in [0.1, 0.15) is 36.1 Å². The Bertz CT molecular complexity index is 1110. The number of fused-ring (bicyclic) bond motifs is 1. The van der Waals surface area contributed by atoms with Crippen LogP contribution in [0.15, 0.2) is 121 Å². The molecule has 6 rings (SSSR count). The first-order chi connectivity index (χ1) is 17.6. The van der Waals surface area contributed by atoms with Crippen LogP contribution in [0.4, 0.5) is 0 Å². The molecular formula is C33H33NO2. The van der Waals surface area contributed by atoms with Gasteiger partial charge in [-0.15, -0.1) is 0 Å². The Hall–Kier alpha value is -3.24. The fourth-order valence-electron chi connectivity index (χ4n) is 6.48. The molecule has 2 aliphatic heterocycles. The Labute approximate surface area is 214 Å². The van der Waals surface area contributed by atoms with Crippen LogP contribution < -0.4 is 5.32 Å². The summed E-state index contributed by atoms with van der Waals surface area (Å²) in [4.78, 5) is 0. The molecule has 182 valence electrons. The predicted octanol–water partition coefficient (Wildman–Crippen LogP) is 6.08. The van der Waals surface area contributed by atoms with Gasteiger partial charge >= 0.3 is 0 Å². The van der Waals surface area contributed by atoms with Crippen molar-refractivity contribution in [1.29, 1.82) is 0 Å². The molecule has 1 N–H and O–H groups in total. The second kappa shape index (κ2) is 9.01. The average Bonchev–Trinajstić information content (AvgIpc) is 3.19. The van der Waals surface area contributed by atoms with E-state index in [2.05, 4.69) is 140 Å². The van der Waals surface area contributed by atoms with Crippen LogP contribution in [0.5, 0.6) is 0 Å². The van der Waals surface area contributed by atoms with Crippen LogP contribution in [-0.4, -0.2) is 31.1 Å². The monoisotopic (exact) mass is 475 g/mol. The molecule has 36 heavy (non-hydrogen) atoms. The Morgan fingerprint density at radius 3 is 1.06 bits per heavy atom. The molecule has 2 aliphatic rings. The third kappa shape index (κ3) is 3.62. The van der Waals surface area contributed by atoms with Gasteiger partial charge in [-0.25, -0.2) is 0 Å². The van der Waals surface area contributed by atoms with E-state index in [4.69, 9.17) is 9.47 Å². The Kier molecular flexibility index (Phi) is 5.80. The summed E-state index contributed by atoms with van der Waals surface area (Å²) < 4.78 is 14.0. The number of hydrogen-bond donors (Lipinski definition) is 1. The number of benzene rings is 4. The molecule has 0 radical (unpaired) electrons. The van der Waals surface area contributed by atoms with Crippen molar-refractivity contribution in [3.8, 4) is 0 Å². The summed E-state index contributed by atoms with van der Waals surface area (Å²) in [5.41, 5.74) is 4.06. The van der Waals surface area contributed by atoms with Crippen LogP contribution in [0, 0.1) is 0 Å². The maximum atomic E-state index is 6.99. The van der Waals surface area contributed by atoms with Crippen LogP contribution in [-0.2, 0) is 20.3 Å². The van der Waals surface area contributed by atoms with Crippen molar-refractivity contribution in [2.24, 2.45) is 0 Å². The zero-order valence-corrected chi connectivity index (χ0v) is 20.9. The molecule has 0 unspecified atom stereocenters. The standard InChI is InChI=1S/C33H33NO2/c1-31(2)35-29-30(36-31)33(27-19-11-5-12-20-27,28-21-13-6-14-22-28)24-34-23-32(29,25-15-7-3-8-16-25)26-17-9-4-10-18-26/h3-22,29-30,34H,23-24H2,1-2H3/t29-,30-/m1/s1. The van der Waals surface area contributed by atoms with E-state index in [0.717, 1.165) is 13.1 Å². The lowest BCUT2D eigenvalue weighted by Crippen LogP contribution is -2.54. The second-order valence-electron chi connectivity index (χ2n) is 10.5. The Morgan fingerprint density at radius 2 is 0.778 bits per heavy atom. The predicted molar refractivity (Wildman–Crippen MR) is 144 cm³/mol. The van der Waals surface area contributed by atoms with E-state index in [1.54, 1.807) is 0 Å². The fraction of sp³-hybridized carbons (Fsp3) is 0.273. The molecule has 2 saturated heterocycles. The van der Waals surface area contributed by atoms with E-state index >= 15 is 0 Å². The van der Waals surface area contributed by atoms with Crippen molar-refractivity contribution < 1.29 is 9.47 Å². The summed E-state index contributed by atoms with van der Waals surface area (Å²) in [5.74, 6) is -0.726. The lowest BCUT2D eigenvalue weighted by Gasteiger charge is -2.44. The van der Waals surface area contributed by atoms with E-state index in [1.807, 2.05) is 0 Å². The van der Waals surface area contributed by atoms with Gasteiger partial charge in [0, 0.05) is 13.1 Å². The summed E-state index contributed by atoms with van der Waals surface area (Å²) in [6.45, 7) is 5.58. The molecule has 2 atom stereocenters. The first kappa shape index (κ1) is 23.2. The highest BCUT2D eigenvalue weighted by Crippen LogP contribution is 2.53. The normalized spacial score (nSPS) is 23.9. The van der Waals surface area contributed by atoms with Crippen molar-refractivity contribution in [3.05, 3.63) is 144 Å². The minimum absolute atomic E-state index is 0.229. The first-order valence-corrected chi connectivity index (χ1v) is 12.8. The van der Waals surface area contributed by atoms with Crippen LogP contribution in [0.3, 0.4) is 0 Å². The maximum Gasteiger partial charge on any atom is 0.163 e. The van der Waals surface area contributed by atoms with Crippen molar-refractivity contribution in [3.63, 3.8) is 0 Å². The van der Waals surface area contributed by atoms with Gasteiger partial charge in [0.2, 0.25) is 0 Å². The second-order valence-corrected chi connectivity index (χ2v) is 10.5. The van der Waals surface area contributed by atoms with Gasteiger partial charge in [0.05, 0.1) is 10.8 Å². The van der Waals surface area contributed by atoms with E-state index in [1.165, 1.54) is 22.3 Å². The summed E-state index contributed by atoms with van der Waals surface area (Å²) in [7, 11) is 0. The number of hydrogen-bond acceptors (Lipinski definition) is 3. The van der Waals surface area contributed by atoms with Gasteiger partial charge in [0.1, 0.15) is 12.2 Å². The van der Waals surface area contributed by atoms with E-state index < -0.39 is 16.6 Å². The van der Waals surface area contributed by atoms with Gasteiger partial charge in [-0.2, -0.15) is 0 Å². The third-order valence-electron chi connectivity index (χ3n) is 8.03. The maximum absolute atomic E-state index is 6.99. The minimum Gasteiger partial charge on any atom is -0.343 e. The molecule has 0 amide bonds. The highest BCUT2D eigenvalue weighted by molar-refractivity contribution is 5.49. The van der Waals surface area contributed by atoms with E-state index in [-0.39, 0.29) is 12.2 Å². The number of rotatable bonds is 4. The highest BCUT2D eigenvalue weighted by atomic mass is 16.8. The van der Waals surface area contributed by atoms with Gasteiger partial charge in [-0.3, -0.25) is 0 Å². The van der Waals surface area contributed by atoms with Gasteiger partial charge in [-0.1, -0.05) is 121 Å². The molecule has 0 saturated carbocycles. The van der Waals surface area contributed by atoms with Gasteiger partial charge in [-0.05, 0) is 36.1 Å². The minimum atomic E-state index is -0.726. The molecule has 0 aliphatic carbocycles.